The van der Waals surface area contributed by atoms with Crippen LogP contribution in [-0.4, -0.2) is 22.8 Å². The number of ether oxygens (including phenoxy) is 1. The van der Waals surface area contributed by atoms with Crippen molar-refractivity contribution in [3.63, 3.8) is 0 Å². The molecule has 4 rings (SSSR count). The standard InChI is InChI=1S/C21H15NO4/c23-19(24)13-25-16-11-9-14(10-12-16)20-17-7-4-8-18(17)21(26-22-20)15-5-2-1-3-6-15/h1-12H,13H2,(H,23,24). The smallest absolute Gasteiger partial charge is 0.341 e. The van der Waals surface area contributed by atoms with Crippen molar-refractivity contribution in [1.82, 2.24) is 5.16 Å². The number of rotatable bonds is 5. The molecule has 0 saturated heterocycles. The van der Waals surface area contributed by atoms with Gasteiger partial charge in [0.15, 0.2) is 12.4 Å². The highest BCUT2D eigenvalue weighted by molar-refractivity contribution is 5.89. The predicted octanol–water partition coefficient (Wildman–Crippen LogP) is 4.58. The fourth-order valence-corrected chi connectivity index (χ4v) is 2.87. The van der Waals surface area contributed by atoms with Crippen molar-refractivity contribution in [3.05, 3.63) is 72.8 Å². The Kier molecular flexibility index (Phi) is 4.11. The molecule has 1 aliphatic carbocycles. The van der Waals surface area contributed by atoms with Crippen LogP contribution in [-0.2, 0) is 4.79 Å². The molecule has 1 aliphatic heterocycles. The highest BCUT2D eigenvalue weighted by Crippen LogP contribution is 2.39. The topological polar surface area (TPSA) is 72.6 Å². The third-order valence-corrected chi connectivity index (χ3v) is 4.07. The summed E-state index contributed by atoms with van der Waals surface area (Å²) in [5.41, 5.74) is 4.56. The number of hydrogen-bond donors (Lipinski definition) is 1. The monoisotopic (exact) mass is 345 g/mol. The number of aromatic nitrogens is 1. The van der Waals surface area contributed by atoms with E-state index in [9.17, 15) is 4.79 Å². The largest absolute Gasteiger partial charge is 0.482 e. The van der Waals surface area contributed by atoms with Gasteiger partial charge < -0.3 is 14.4 Å². The molecule has 0 aromatic heterocycles. The molecule has 5 heteroatoms. The molecule has 0 atom stereocenters. The first kappa shape index (κ1) is 15.9. The van der Waals surface area contributed by atoms with Crippen LogP contribution in [0.3, 0.4) is 0 Å². The zero-order valence-electron chi connectivity index (χ0n) is 13.8. The van der Waals surface area contributed by atoms with Crippen LogP contribution >= 0.6 is 0 Å². The van der Waals surface area contributed by atoms with Gasteiger partial charge >= 0.3 is 5.97 Å². The van der Waals surface area contributed by atoms with Gasteiger partial charge in [-0.25, -0.2) is 4.79 Å². The number of benzene rings is 2. The van der Waals surface area contributed by atoms with Gasteiger partial charge in [-0.05, 0) is 24.3 Å². The minimum absolute atomic E-state index is 0.369. The lowest BCUT2D eigenvalue weighted by atomic mass is 9.99. The molecule has 5 nitrogen and oxygen atoms in total. The lowest BCUT2D eigenvalue weighted by Crippen LogP contribution is -2.09. The van der Waals surface area contributed by atoms with E-state index in [1.807, 2.05) is 60.7 Å². The normalized spacial score (nSPS) is 10.8. The van der Waals surface area contributed by atoms with Gasteiger partial charge in [-0.2, -0.15) is 0 Å². The maximum atomic E-state index is 10.6. The minimum atomic E-state index is -1.01. The highest BCUT2D eigenvalue weighted by Gasteiger charge is 2.19. The van der Waals surface area contributed by atoms with Crippen LogP contribution in [0.1, 0.15) is 0 Å². The lowest BCUT2D eigenvalue weighted by Gasteiger charge is -2.11. The first-order chi connectivity index (χ1) is 12.7. The van der Waals surface area contributed by atoms with E-state index in [0.717, 1.165) is 33.7 Å². The average Bonchev–Trinajstić information content (AvgIpc) is 3.17. The highest BCUT2D eigenvalue weighted by atomic mass is 16.5. The molecule has 0 spiro atoms. The SMILES string of the molecule is O=C(O)COc1ccc(-c2noc(-c3ccccc3)c3cccc2-3)cc1. The van der Waals surface area contributed by atoms with Gasteiger partial charge in [-0.15, -0.1) is 0 Å². The summed E-state index contributed by atoms with van der Waals surface area (Å²) < 4.78 is 10.9. The fraction of sp³-hybridized carbons (Fsp3) is 0.0476. The Hall–Kier alpha value is -3.60. The fourth-order valence-electron chi connectivity index (χ4n) is 2.87. The molecule has 128 valence electrons. The minimum Gasteiger partial charge on any atom is -0.482 e. The Bertz CT molecular complexity index is 1010. The lowest BCUT2D eigenvalue weighted by molar-refractivity contribution is -0.139. The summed E-state index contributed by atoms with van der Waals surface area (Å²) in [6.07, 6.45) is 0. The van der Waals surface area contributed by atoms with Gasteiger partial charge in [0, 0.05) is 22.3 Å². The van der Waals surface area contributed by atoms with E-state index in [0.29, 0.717) is 5.75 Å². The number of carboxylic acids is 1. The zero-order valence-corrected chi connectivity index (χ0v) is 13.8. The summed E-state index contributed by atoms with van der Waals surface area (Å²) in [7, 11) is 0. The second-order valence-corrected chi connectivity index (χ2v) is 5.79. The van der Waals surface area contributed by atoms with Crippen LogP contribution in [0.4, 0.5) is 0 Å². The van der Waals surface area contributed by atoms with Crippen molar-refractivity contribution in [3.8, 4) is 39.5 Å². The summed E-state index contributed by atoms with van der Waals surface area (Å²) in [5.74, 6) is 0.216. The van der Waals surface area contributed by atoms with Crippen LogP contribution in [0.25, 0.3) is 33.7 Å². The molecule has 2 aliphatic rings. The van der Waals surface area contributed by atoms with Gasteiger partial charge in [-0.1, -0.05) is 53.7 Å². The summed E-state index contributed by atoms with van der Waals surface area (Å²) in [4.78, 5) is 10.6. The second kappa shape index (κ2) is 6.72. The average molecular weight is 345 g/mol. The van der Waals surface area contributed by atoms with Crippen LogP contribution in [0.15, 0.2) is 77.3 Å². The van der Waals surface area contributed by atoms with E-state index in [1.54, 1.807) is 12.1 Å². The van der Waals surface area contributed by atoms with E-state index in [1.165, 1.54) is 0 Å². The van der Waals surface area contributed by atoms with Gasteiger partial charge in [-0.3, -0.25) is 0 Å². The number of carboxylic acid groups (broad SMARTS) is 1. The molecule has 26 heavy (non-hydrogen) atoms. The summed E-state index contributed by atoms with van der Waals surface area (Å²) in [6, 6.07) is 23.0. The maximum absolute atomic E-state index is 10.6. The van der Waals surface area contributed by atoms with Crippen molar-refractivity contribution >= 4 is 5.97 Å². The quantitative estimate of drug-likeness (QED) is 0.573. The predicted molar refractivity (Wildman–Crippen MR) is 97.1 cm³/mol. The van der Waals surface area contributed by atoms with E-state index < -0.39 is 5.97 Å². The molecular weight excluding hydrogens is 330 g/mol. The van der Waals surface area contributed by atoms with E-state index >= 15 is 0 Å². The maximum Gasteiger partial charge on any atom is 0.341 e. The summed E-state index contributed by atoms with van der Waals surface area (Å²) in [6.45, 7) is -0.369. The van der Waals surface area contributed by atoms with E-state index in [4.69, 9.17) is 14.4 Å². The number of nitrogens with zero attached hydrogens (tertiary/aromatic N) is 1. The summed E-state index contributed by atoms with van der Waals surface area (Å²) in [5, 5.41) is 13.0. The molecule has 1 heterocycles. The Morgan fingerprint density at radius 1 is 0.885 bits per heavy atom. The number of carbonyl (C=O) groups is 1. The number of aliphatic carboxylic acids is 1. The zero-order chi connectivity index (χ0) is 17.9. The molecule has 1 N–H and O–H groups in total. The van der Waals surface area contributed by atoms with E-state index in [2.05, 4.69) is 5.16 Å². The summed E-state index contributed by atoms with van der Waals surface area (Å²) >= 11 is 0. The molecular formula is C21H15NO4. The van der Waals surface area contributed by atoms with Gasteiger partial charge in [0.05, 0.1) is 0 Å². The van der Waals surface area contributed by atoms with Crippen LogP contribution in [0.2, 0.25) is 0 Å². The Morgan fingerprint density at radius 2 is 1.62 bits per heavy atom. The third kappa shape index (κ3) is 3.02. The second-order valence-electron chi connectivity index (χ2n) is 5.79. The molecule has 0 fully saturated rings. The van der Waals surface area contributed by atoms with Gasteiger partial charge in [0.25, 0.3) is 0 Å². The van der Waals surface area contributed by atoms with Crippen LogP contribution in [0, 0.1) is 0 Å². The molecule has 0 amide bonds. The van der Waals surface area contributed by atoms with Crippen molar-refractivity contribution < 1.29 is 19.2 Å². The number of hydrogen-bond acceptors (Lipinski definition) is 4. The number of fused-ring (bicyclic) bond motifs is 1. The van der Waals surface area contributed by atoms with Gasteiger partial charge in [0.2, 0.25) is 0 Å². The van der Waals surface area contributed by atoms with Crippen LogP contribution < -0.4 is 4.74 Å². The molecule has 2 aromatic carbocycles. The molecule has 0 saturated carbocycles. The van der Waals surface area contributed by atoms with E-state index in [-0.39, 0.29) is 6.61 Å². The molecule has 0 unspecified atom stereocenters. The first-order valence-corrected chi connectivity index (χ1v) is 8.11. The van der Waals surface area contributed by atoms with Crippen molar-refractivity contribution in [2.45, 2.75) is 0 Å². The molecule has 0 radical (unpaired) electrons. The Morgan fingerprint density at radius 3 is 2.35 bits per heavy atom. The van der Waals surface area contributed by atoms with Gasteiger partial charge in [0.1, 0.15) is 11.4 Å². The first-order valence-electron chi connectivity index (χ1n) is 8.11. The van der Waals surface area contributed by atoms with Crippen molar-refractivity contribution in [2.75, 3.05) is 6.61 Å². The van der Waals surface area contributed by atoms with Crippen LogP contribution in [0.5, 0.6) is 5.75 Å². The van der Waals surface area contributed by atoms with Crippen molar-refractivity contribution in [1.29, 1.82) is 0 Å². The molecule has 2 aromatic rings. The Balaban J connectivity index is 1.70. The Labute approximate surface area is 149 Å². The third-order valence-electron chi connectivity index (χ3n) is 4.07. The molecule has 0 bridgehead atoms. The van der Waals surface area contributed by atoms with Crippen molar-refractivity contribution in [2.24, 2.45) is 0 Å².